The number of para-hydroxylation sites is 2. The Morgan fingerprint density at radius 2 is 2.28 bits per heavy atom. The highest BCUT2D eigenvalue weighted by molar-refractivity contribution is 5.92. The molecule has 2 heterocycles. The number of nitro benzene ring substituents is 1. The van der Waals surface area contributed by atoms with E-state index in [1.807, 2.05) is 6.07 Å². The van der Waals surface area contributed by atoms with Crippen molar-refractivity contribution in [2.75, 3.05) is 11.9 Å². The first-order chi connectivity index (χ1) is 12.1. The zero-order valence-electron chi connectivity index (χ0n) is 14.0. The first-order valence-corrected chi connectivity index (χ1v) is 8.36. The number of benzene rings is 1. The van der Waals surface area contributed by atoms with Gasteiger partial charge >= 0.3 is 6.03 Å². The van der Waals surface area contributed by atoms with Crippen molar-refractivity contribution >= 4 is 17.4 Å². The zero-order valence-corrected chi connectivity index (χ0v) is 14.0. The number of anilines is 1. The van der Waals surface area contributed by atoms with E-state index in [4.69, 9.17) is 4.52 Å². The van der Waals surface area contributed by atoms with Gasteiger partial charge in [0.1, 0.15) is 17.1 Å². The molecule has 25 heavy (non-hydrogen) atoms. The minimum atomic E-state index is -0.508. The summed E-state index contributed by atoms with van der Waals surface area (Å²) in [6.07, 6.45) is 3.41. The van der Waals surface area contributed by atoms with Gasteiger partial charge in [0, 0.05) is 25.1 Å². The molecule has 1 fully saturated rings. The van der Waals surface area contributed by atoms with Gasteiger partial charge in [0.25, 0.3) is 5.69 Å². The highest BCUT2D eigenvalue weighted by atomic mass is 16.6. The Bertz CT molecular complexity index is 774. The molecule has 132 valence electrons. The average molecular weight is 344 g/mol. The number of nitrogens with zero attached hydrogens (tertiary/aromatic N) is 3. The summed E-state index contributed by atoms with van der Waals surface area (Å²) in [5.41, 5.74) is 0.798. The summed E-state index contributed by atoms with van der Waals surface area (Å²) in [6.45, 7) is 2.64. The number of nitrogens with one attached hydrogen (secondary N) is 1. The maximum Gasteiger partial charge on any atom is 0.322 e. The van der Waals surface area contributed by atoms with Crippen molar-refractivity contribution in [2.24, 2.45) is 0 Å². The molecule has 8 nitrogen and oxygen atoms in total. The van der Waals surface area contributed by atoms with Crippen molar-refractivity contribution in [1.29, 1.82) is 0 Å². The van der Waals surface area contributed by atoms with Gasteiger partial charge in [-0.1, -0.05) is 24.2 Å². The SMILES string of the molecule is CCCc1cc([C@H]2CCCN2C(=O)Nc2ccccc2[N+](=O)[O-])no1. The summed E-state index contributed by atoms with van der Waals surface area (Å²) in [5.74, 6) is 0.809. The van der Waals surface area contributed by atoms with Gasteiger partial charge in [0.2, 0.25) is 0 Å². The molecular weight excluding hydrogens is 324 g/mol. The molecule has 1 aliphatic heterocycles. The van der Waals surface area contributed by atoms with Crippen molar-refractivity contribution in [2.45, 2.75) is 38.6 Å². The smallest absolute Gasteiger partial charge is 0.322 e. The number of hydrogen-bond donors (Lipinski definition) is 1. The molecule has 1 aliphatic rings. The van der Waals surface area contributed by atoms with Crippen LogP contribution in [0.2, 0.25) is 0 Å². The molecule has 0 saturated carbocycles. The van der Waals surface area contributed by atoms with Gasteiger partial charge < -0.3 is 14.7 Å². The highest BCUT2D eigenvalue weighted by Crippen LogP contribution is 2.33. The summed E-state index contributed by atoms with van der Waals surface area (Å²) < 4.78 is 5.32. The Morgan fingerprint density at radius 1 is 1.48 bits per heavy atom. The lowest BCUT2D eigenvalue weighted by Crippen LogP contribution is -2.34. The zero-order chi connectivity index (χ0) is 17.8. The fraction of sp³-hybridized carbons (Fsp3) is 0.412. The Morgan fingerprint density at radius 3 is 3.04 bits per heavy atom. The maximum atomic E-state index is 12.6. The summed E-state index contributed by atoms with van der Waals surface area (Å²) in [4.78, 5) is 24.9. The number of aryl methyl sites for hydroxylation is 1. The topological polar surface area (TPSA) is 102 Å². The number of likely N-dealkylation sites (tertiary alicyclic amines) is 1. The second-order valence-electron chi connectivity index (χ2n) is 6.02. The van der Waals surface area contributed by atoms with Gasteiger partial charge in [-0.25, -0.2) is 4.79 Å². The van der Waals surface area contributed by atoms with Gasteiger partial charge in [-0.15, -0.1) is 0 Å². The van der Waals surface area contributed by atoms with Crippen molar-refractivity contribution < 1.29 is 14.2 Å². The molecule has 0 radical (unpaired) electrons. The van der Waals surface area contributed by atoms with E-state index in [9.17, 15) is 14.9 Å². The van der Waals surface area contributed by atoms with Crippen LogP contribution in [0.4, 0.5) is 16.2 Å². The summed E-state index contributed by atoms with van der Waals surface area (Å²) in [7, 11) is 0. The van der Waals surface area contributed by atoms with E-state index in [0.717, 1.165) is 37.1 Å². The van der Waals surface area contributed by atoms with Crippen LogP contribution in [0.15, 0.2) is 34.9 Å². The largest absolute Gasteiger partial charge is 0.361 e. The molecular formula is C17H20N4O4. The van der Waals surface area contributed by atoms with Gasteiger partial charge in [-0.2, -0.15) is 0 Å². The number of urea groups is 1. The van der Waals surface area contributed by atoms with Crippen LogP contribution in [0.3, 0.4) is 0 Å². The van der Waals surface area contributed by atoms with Crippen LogP contribution in [0.25, 0.3) is 0 Å². The number of rotatable bonds is 5. The normalized spacial score (nSPS) is 16.8. The van der Waals surface area contributed by atoms with E-state index in [1.165, 1.54) is 12.1 Å². The molecule has 0 bridgehead atoms. The lowest BCUT2D eigenvalue weighted by molar-refractivity contribution is -0.383. The van der Waals surface area contributed by atoms with Crippen LogP contribution in [-0.2, 0) is 6.42 Å². The van der Waals surface area contributed by atoms with Crippen molar-refractivity contribution in [3.63, 3.8) is 0 Å². The van der Waals surface area contributed by atoms with Crippen LogP contribution in [0.1, 0.15) is 43.7 Å². The standard InChI is InChI=1S/C17H20N4O4/c1-2-6-12-11-14(19-25-12)15-9-5-10-20(15)17(22)18-13-7-3-4-8-16(13)21(23)24/h3-4,7-8,11,15H,2,5-6,9-10H2,1H3,(H,18,22)/t15-/m1/s1. The molecule has 1 aromatic carbocycles. The fourth-order valence-electron chi connectivity index (χ4n) is 3.09. The first-order valence-electron chi connectivity index (χ1n) is 8.36. The van der Waals surface area contributed by atoms with Crippen molar-refractivity contribution in [1.82, 2.24) is 10.1 Å². The Kier molecular flexibility index (Phi) is 4.97. The van der Waals surface area contributed by atoms with Crippen LogP contribution >= 0.6 is 0 Å². The molecule has 1 saturated heterocycles. The number of carbonyl (C=O) groups is 1. The molecule has 2 amide bonds. The lowest BCUT2D eigenvalue weighted by Gasteiger charge is -2.23. The van der Waals surface area contributed by atoms with Crippen LogP contribution in [0.5, 0.6) is 0 Å². The number of amides is 2. The minimum absolute atomic E-state index is 0.127. The quantitative estimate of drug-likeness (QED) is 0.654. The van der Waals surface area contributed by atoms with Gasteiger partial charge in [0.15, 0.2) is 0 Å². The monoisotopic (exact) mass is 344 g/mol. The van der Waals surface area contributed by atoms with E-state index in [-0.39, 0.29) is 23.4 Å². The third-order valence-electron chi connectivity index (χ3n) is 4.27. The second kappa shape index (κ2) is 7.33. The third-order valence-corrected chi connectivity index (χ3v) is 4.27. The number of hydrogen-bond acceptors (Lipinski definition) is 5. The van der Waals surface area contributed by atoms with E-state index in [2.05, 4.69) is 17.4 Å². The number of aromatic nitrogens is 1. The summed E-state index contributed by atoms with van der Waals surface area (Å²) >= 11 is 0. The van der Waals surface area contributed by atoms with Gasteiger partial charge in [0.05, 0.1) is 11.0 Å². The highest BCUT2D eigenvalue weighted by Gasteiger charge is 2.33. The van der Waals surface area contributed by atoms with Crippen molar-refractivity contribution in [3.8, 4) is 0 Å². The predicted molar refractivity (Wildman–Crippen MR) is 91.3 cm³/mol. The number of nitro groups is 1. The van der Waals surface area contributed by atoms with E-state index in [1.54, 1.807) is 17.0 Å². The lowest BCUT2D eigenvalue weighted by atomic mass is 10.1. The molecule has 1 atom stereocenters. The van der Waals surface area contributed by atoms with Gasteiger partial charge in [-0.05, 0) is 25.3 Å². The van der Waals surface area contributed by atoms with Crippen LogP contribution < -0.4 is 5.32 Å². The Labute approximate surface area is 144 Å². The Hall–Kier alpha value is -2.90. The third kappa shape index (κ3) is 3.62. The van der Waals surface area contributed by atoms with E-state index in [0.29, 0.717) is 6.54 Å². The van der Waals surface area contributed by atoms with E-state index < -0.39 is 4.92 Å². The second-order valence-corrected chi connectivity index (χ2v) is 6.02. The Balaban J connectivity index is 1.76. The summed E-state index contributed by atoms with van der Waals surface area (Å²) in [5, 5.41) is 17.8. The summed E-state index contributed by atoms with van der Waals surface area (Å²) in [6, 6.07) is 7.47. The van der Waals surface area contributed by atoms with Crippen LogP contribution in [-0.4, -0.2) is 27.6 Å². The van der Waals surface area contributed by atoms with E-state index >= 15 is 0 Å². The molecule has 1 aromatic heterocycles. The first kappa shape index (κ1) is 16.9. The maximum absolute atomic E-state index is 12.6. The van der Waals surface area contributed by atoms with Crippen molar-refractivity contribution in [3.05, 3.63) is 51.9 Å². The molecule has 0 spiro atoms. The molecule has 2 aromatic rings. The van der Waals surface area contributed by atoms with Crippen LogP contribution in [0, 0.1) is 10.1 Å². The predicted octanol–water partition coefficient (Wildman–Crippen LogP) is 3.90. The molecule has 0 unspecified atom stereocenters. The fourth-order valence-corrected chi connectivity index (χ4v) is 3.09. The average Bonchev–Trinajstić information content (AvgIpc) is 3.24. The molecule has 8 heteroatoms. The minimum Gasteiger partial charge on any atom is -0.361 e. The molecule has 3 rings (SSSR count). The van der Waals surface area contributed by atoms with Gasteiger partial charge in [-0.3, -0.25) is 10.1 Å². The molecule has 0 aliphatic carbocycles. The molecule has 1 N–H and O–H groups in total. The number of carbonyl (C=O) groups excluding carboxylic acids is 1.